The van der Waals surface area contributed by atoms with Crippen LogP contribution in [0.15, 0.2) is 30.5 Å². The smallest absolute Gasteiger partial charge is 0.147 e. The van der Waals surface area contributed by atoms with Crippen LogP contribution in [0.4, 0.5) is 17.2 Å². The summed E-state index contributed by atoms with van der Waals surface area (Å²) in [4.78, 5) is 6.81. The molecule has 22 heavy (non-hydrogen) atoms. The summed E-state index contributed by atoms with van der Waals surface area (Å²) in [5.74, 6) is 0.632. The third kappa shape index (κ3) is 2.86. The highest BCUT2D eigenvalue weighted by molar-refractivity contribution is 5.77. The maximum absolute atomic E-state index is 6.13. The van der Waals surface area contributed by atoms with Crippen LogP contribution in [0, 0.1) is 6.92 Å². The molecule has 0 spiro atoms. The van der Waals surface area contributed by atoms with Crippen molar-refractivity contribution in [2.45, 2.75) is 26.2 Å². The molecule has 2 aromatic rings. The van der Waals surface area contributed by atoms with Crippen LogP contribution in [0.2, 0.25) is 0 Å². The van der Waals surface area contributed by atoms with E-state index in [2.05, 4.69) is 46.4 Å². The van der Waals surface area contributed by atoms with Crippen molar-refractivity contribution in [1.29, 1.82) is 0 Å². The first kappa shape index (κ1) is 14.7. The van der Waals surface area contributed by atoms with Gasteiger partial charge in [-0.3, -0.25) is 0 Å². The Morgan fingerprint density at radius 3 is 2.64 bits per heavy atom. The van der Waals surface area contributed by atoms with E-state index in [4.69, 9.17) is 5.73 Å². The molecule has 1 saturated heterocycles. The van der Waals surface area contributed by atoms with Gasteiger partial charge in [0.25, 0.3) is 0 Å². The molecular formula is C18H24N4. The van der Waals surface area contributed by atoms with Gasteiger partial charge in [0, 0.05) is 37.6 Å². The molecule has 2 heterocycles. The molecule has 0 bridgehead atoms. The van der Waals surface area contributed by atoms with Crippen molar-refractivity contribution < 1.29 is 0 Å². The molecule has 1 fully saturated rings. The third-order valence-corrected chi connectivity index (χ3v) is 4.43. The fourth-order valence-corrected chi connectivity index (χ4v) is 3.09. The second kappa shape index (κ2) is 6.26. The Labute approximate surface area is 132 Å². The predicted molar refractivity (Wildman–Crippen MR) is 94.4 cm³/mol. The first-order chi connectivity index (χ1) is 10.7. The monoisotopic (exact) mass is 296 g/mol. The van der Waals surface area contributed by atoms with E-state index in [0.717, 1.165) is 30.0 Å². The lowest BCUT2D eigenvalue weighted by Gasteiger charge is -2.29. The lowest BCUT2D eigenvalue weighted by Crippen LogP contribution is -2.30. The number of aromatic nitrogens is 1. The normalized spacial score (nSPS) is 14.9. The fraction of sp³-hybridized carbons (Fsp3) is 0.389. The molecule has 0 unspecified atom stereocenters. The molecule has 0 radical (unpaired) electrons. The SMILES string of the molecule is CNc1ccc(C)c(-c2cnc(N)c(N3CCCCC3)c2)c1. The average molecular weight is 296 g/mol. The van der Waals surface area contributed by atoms with Gasteiger partial charge in [-0.05, 0) is 55.5 Å². The third-order valence-electron chi connectivity index (χ3n) is 4.43. The van der Waals surface area contributed by atoms with Gasteiger partial charge in [0.2, 0.25) is 0 Å². The molecule has 1 aromatic carbocycles. The van der Waals surface area contributed by atoms with Crippen LogP contribution in [0.25, 0.3) is 11.1 Å². The second-order valence-corrected chi connectivity index (χ2v) is 5.96. The number of hydrogen-bond donors (Lipinski definition) is 2. The van der Waals surface area contributed by atoms with Gasteiger partial charge < -0.3 is 16.0 Å². The van der Waals surface area contributed by atoms with Crippen molar-refractivity contribution in [3.05, 3.63) is 36.0 Å². The van der Waals surface area contributed by atoms with E-state index in [9.17, 15) is 0 Å². The first-order valence-corrected chi connectivity index (χ1v) is 7.98. The van der Waals surface area contributed by atoms with Crippen LogP contribution in [0.3, 0.4) is 0 Å². The van der Waals surface area contributed by atoms with E-state index in [-0.39, 0.29) is 0 Å². The van der Waals surface area contributed by atoms with E-state index in [1.165, 1.54) is 30.4 Å². The Morgan fingerprint density at radius 1 is 1.14 bits per heavy atom. The number of piperidine rings is 1. The molecule has 4 nitrogen and oxygen atoms in total. The quantitative estimate of drug-likeness (QED) is 0.907. The minimum atomic E-state index is 0.632. The van der Waals surface area contributed by atoms with Gasteiger partial charge in [-0.15, -0.1) is 0 Å². The van der Waals surface area contributed by atoms with Crippen LogP contribution < -0.4 is 16.0 Å². The van der Waals surface area contributed by atoms with Crippen LogP contribution >= 0.6 is 0 Å². The Hall–Kier alpha value is -2.23. The summed E-state index contributed by atoms with van der Waals surface area (Å²) in [5.41, 5.74) is 11.9. The van der Waals surface area contributed by atoms with E-state index >= 15 is 0 Å². The summed E-state index contributed by atoms with van der Waals surface area (Å²) >= 11 is 0. The molecule has 1 aromatic heterocycles. The zero-order chi connectivity index (χ0) is 15.5. The molecular weight excluding hydrogens is 272 g/mol. The van der Waals surface area contributed by atoms with E-state index in [1.54, 1.807) is 0 Å². The number of anilines is 3. The molecule has 116 valence electrons. The van der Waals surface area contributed by atoms with Gasteiger partial charge in [0.1, 0.15) is 5.82 Å². The Balaban J connectivity index is 2.01. The minimum Gasteiger partial charge on any atom is -0.388 e. The van der Waals surface area contributed by atoms with Crippen molar-refractivity contribution in [3.63, 3.8) is 0 Å². The van der Waals surface area contributed by atoms with Gasteiger partial charge in [-0.25, -0.2) is 4.98 Å². The predicted octanol–water partition coefficient (Wildman–Crippen LogP) is 3.67. The highest BCUT2D eigenvalue weighted by Gasteiger charge is 2.15. The van der Waals surface area contributed by atoms with Gasteiger partial charge in [-0.1, -0.05) is 6.07 Å². The molecule has 0 atom stereocenters. The number of benzene rings is 1. The largest absolute Gasteiger partial charge is 0.388 e. The molecule has 4 heteroatoms. The Bertz CT molecular complexity index is 660. The van der Waals surface area contributed by atoms with Gasteiger partial charge in [-0.2, -0.15) is 0 Å². The molecule has 0 amide bonds. The number of pyridine rings is 1. The maximum atomic E-state index is 6.13. The second-order valence-electron chi connectivity index (χ2n) is 5.96. The van der Waals surface area contributed by atoms with Crippen molar-refractivity contribution in [2.24, 2.45) is 0 Å². The average Bonchev–Trinajstić information content (AvgIpc) is 2.57. The summed E-state index contributed by atoms with van der Waals surface area (Å²) in [6.07, 6.45) is 5.66. The number of nitrogens with one attached hydrogen (secondary N) is 1. The lowest BCUT2D eigenvalue weighted by molar-refractivity contribution is 0.578. The molecule has 3 rings (SSSR count). The minimum absolute atomic E-state index is 0.632. The molecule has 1 aliphatic rings. The van der Waals surface area contributed by atoms with Crippen molar-refractivity contribution in [1.82, 2.24) is 4.98 Å². The summed E-state index contributed by atoms with van der Waals surface area (Å²) in [6, 6.07) is 8.59. The van der Waals surface area contributed by atoms with E-state index in [0.29, 0.717) is 5.82 Å². The summed E-state index contributed by atoms with van der Waals surface area (Å²) in [7, 11) is 1.94. The van der Waals surface area contributed by atoms with Crippen molar-refractivity contribution >= 4 is 17.2 Å². The van der Waals surface area contributed by atoms with E-state index in [1.807, 2.05) is 13.2 Å². The van der Waals surface area contributed by atoms with Crippen LogP contribution in [-0.4, -0.2) is 25.1 Å². The van der Waals surface area contributed by atoms with Gasteiger partial charge in [0.15, 0.2) is 0 Å². The standard InChI is InChI=1S/C18H24N4/c1-13-6-7-15(20-2)11-16(13)14-10-17(18(19)21-12-14)22-8-4-3-5-9-22/h6-7,10-12,20H,3-5,8-9H2,1-2H3,(H2,19,21). The highest BCUT2D eigenvalue weighted by Crippen LogP contribution is 2.32. The maximum Gasteiger partial charge on any atom is 0.147 e. The van der Waals surface area contributed by atoms with E-state index < -0.39 is 0 Å². The molecule has 0 aliphatic carbocycles. The first-order valence-electron chi connectivity index (χ1n) is 7.98. The summed E-state index contributed by atoms with van der Waals surface area (Å²) in [5, 5.41) is 3.20. The molecule has 1 aliphatic heterocycles. The Kier molecular flexibility index (Phi) is 4.18. The zero-order valence-corrected chi connectivity index (χ0v) is 13.4. The number of hydrogen-bond acceptors (Lipinski definition) is 4. The highest BCUT2D eigenvalue weighted by atomic mass is 15.2. The van der Waals surface area contributed by atoms with Crippen LogP contribution in [-0.2, 0) is 0 Å². The number of nitrogens with zero attached hydrogens (tertiary/aromatic N) is 2. The number of aryl methyl sites for hydroxylation is 1. The number of nitrogens with two attached hydrogens (primary N) is 1. The summed E-state index contributed by atoms with van der Waals surface area (Å²) < 4.78 is 0. The van der Waals surface area contributed by atoms with Crippen LogP contribution in [0.1, 0.15) is 24.8 Å². The van der Waals surface area contributed by atoms with Gasteiger partial charge in [0.05, 0.1) is 5.69 Å². The molecule has 3 N–H and O–H groups in total. The summed E-state index contributed by atoms with van der Waals surface area (Å²) in [6.45, 7) is 4.28. The topological polar surface area (TPSA) is 54.2 Å². The zero-order valence-electron chi connectivity index (χ0n) is 13.4. The number of nitrogen functional groups attached to an aromatic ring is 1. The number of rotatable bonds is 3. The van der Waals surface area contributed by atoms with Crippen molar-refractivity contribution in [3.8, 4) is 11.1 Å². The Morgan fingerprint density at radius 2 is 1.91 bits per heavy atom. The molecule has 0 saturated carbocycles. The van der Waals surface area contributed by atoms with Crippen molar-refractivity contribution in [2.75, 3.05) is 36.1 Å². The lowest BCUT2D eigenvalue weighted by atomic mass is 10.0. The fourth-order valence-electron chi connectivity index (χ4n) is 3.09. The van der Waals surface area contributed by atoms with Gasteiger partial charge >= 0.3 is 0 Å². The van der Waals surface area contributed by atoms with Crippen LogP contribution in [0.5, 0.6) is 0 Å².